The lowest BCUT2D eigenvalue weighted by Crippen LogP contribution is -2.40. The highest BCUT2D eigenvalue weighted by Crippen LogP contribution is 2.21. The van der Waals surface area contributed by atoms with Gasteiger partial charge in [0.1, 0.15) is 0 Å². The molecule has 108 valence electrons. The molecule has 10 heteroatoms. The summed E-state index contributed by atoms with van der Waals surface area (Å²) < 4.78 is 59.9. The van der Waals surface area contributed by atoms with Crippen molar-refractivity contribution in [2.24, 2.45) is 0 Å². The van der Waals surface area contributed by atoms with Crippen LogP contribution in [-0.4, -0.2) is 29.6 Å². The third kappa shape index (κ3) is 3.94. The third-order valence-corrected chi connectivity index (χ3v) is 3.21. The van der Waals surface area contributed by atoms with Gasteiger partial charge < -0.3 is 0 Å². The van der Waals surface area contributed by atoms with Crippen LogP contribution in [0.1, 0.15) is 30.3 Å². The van der Waals surface area contributed by atoms with E-state index < -0.39 is 21.4 Å². The van der Waals surface area contributed by atoms with E-state index in [0.717, 1.165) is 23.6 Å². The molecule has 0 saturated heterocycles. The molecular weight excluding hydrogens is 287 g/mol. The summed E-state index contributed by atoms with van der Waals surface area (Å²) in [6, 6.07) is 1.15. The standard InChI is InChI=1S/C9H12F3N3O3S/c1-2-3-5-15-6-4-7(13-15)8(16)14-19(17,18)9(10,11)12/h4,6H,2-3,5H2,1H3,(H,14,16). The molecule has 1 amide bonds. The number of sulfonamides is 1. The molecule has 19 heavy (non-hydrogen) atoms. The Morgan fingerprint density at radius 2 is 2.11 bits per heavy atom. The Balaban J connectivity index is 2.77. The first kappa shape index (κ1) is 15.5. The third-order valence-electron chi connectivity index (χ3n) is 2.15. The van der Waals surface area contributed by atoms with Crippen molar-refractivity contribution < 1.29 is 26.4 Å². The number of halogens is 3. The molecule has 0 saturated carbocycles. The van der Waals surface area contributed by atoms with Gasteiger partial charge in [-0.2, -0.15) is 26.7 Å². The summed E-state index contributed by atoms with van der Waals surface area (Å²) in [5.41, 5.74) is -5.92. The van der Waals surface area contributed by atoms with E-state index in [4.69, 9.17) is 0 Å². The first-order valence-corrected chi connectivity index (χ1v) is 6.82. The lowest BCUT2D eigenvalue weighted by Gasteiger charge is -2.07. The molecule has 0 aliphatic carbocycles. The molecule has 0 aliphatic rings. The zero-order chi connectivity index (χ0) is 14.7. The van der Waals surface area contributed by atoms with Crippen LogP contribution in [-0.2, 0) is 16.6 Å². The van der Waals surface area contributed by atoms with Gasteiger partial charge in [0.05, 0.1) is 0 Å². The Labute approximate surface area is 107 Å². The van der Waals surface area contributed by atoms with Crippen LogP contribution in [0.2, 0.25) is 0 Å². The fourth-order valence-electron chi connectivity index (χ4n) is 1.16. The number of hydrogen-bond donors (Lipinski definition) is 1. The van der Waals surface area contributed by atoms with E-state index in [1.807, 2.05) is 6.92 Å². The number of aromatic nitrogens is 2. The number of nitrogens with zero attached hydrogens (tertiary/aromatic N) is 2. The summed E-state index contributed by atoms with van der Waals surface area (Å²) in [6.45, 7) is 2.43. The smallest absolute Gasteiger partial charge is 0.272 e. The minimum atomic E-state index is -5.70. The van der Waals surface area contributed by atoms with E-state index in [1.54, 1.807) is 0 Å². The Kier molecular flexibility index (Phi) is 4.56. The summed E-state index contributed by atoms with van der Waals surface area (Å²) >= 11 is 0. The molecule has 0 unspecified atom stereocenters. The van der Waals surface area contributed by atoms with Gasteiger partial charge in [-0.05, 0) is 12.5 Å². The molecule has 0 spiro atoms. The van der Waals surface area contributed by atoms with Crippen LogP contribution in [0.5, 0.6) is 0 Å². The molecule has 0 fully saturated rings. The van der Waals surface area contributed by atoms with E-state index in [1.165, 1.54) is 10.9 Å². The van der Waals surface area contributed by atoms with Crippen molar-refractivity contribution in [3.05, 3.63) is 18.0 Å². The number of unbranched alkanes of at least 4 members (excludes halogenated alkanes) is 1. The second-order valence-electron chi connectivity index (χ2n) is 3.70. The molecule has 1 rings (SSSR count). The molecular formula is C9H12F3N3O3S. The van der Waals surface area contributed by atoms with Crippen LogP contribution in [0.15, 0.2) is 12.3 Å². The van der Waals surface area contributed by atoms with Crippen LogP contribution in [0, 0.1) is 0 Å². The monoisotopic (exact) mass is 299 g/mol. The maximum absolute atomic E-state index is 12.1. The average Bonchev–Trinajstić information content (AvgIpc) is 2.72. The van der Waals surface area contributed by atoms with Crippen LogP contribution < -0.4 is 4.72 Å². The van der Waals surface area contributed by atoms with Gasteiger partial charge in [0.25, 0.3) is 5.91 Å². The Bertz CT molecular complexity index is 551. The van der Waals surface area contributed by atoms with Gasteiger partial charge in [0.15, 0.2) is 5.69 Å². The minimum absolute atomic E-state index is 0.385. The summed E-state index contributed by atoms with van der Waals surface area (Å²) in [5.74, 6) is -1.41. The Morgan fingerprint density at radius 3 is 2.63 bits per heavy atom. The predicted molar refractivity (Wildman–Crippen MR) is 59.6 cm³/mol. The molecule has 1 N–H and O–H groups in total. The SMILES string of the molecule is CCCCn1ccc(C(=O)NS(=O)(=O)C(F)(F)F)n1. The van der Waals surface area contributed by atoms with E-state index in [0.29, 0.717) is 6.54 Å². The molecule has 1 heterocycles. The minimum Gasteiger partial charge on any atom is -0.272 e. The fraction of sp³-hybridized carbons (Fsp3) is 0.556. The van der Waals surface area contributed by atoms with Crippen LogP contribution in [0.25, 0.3) is 0 Å². The van der Waals surface area contributed by atoms with Crippen molar-refractivity contribution in [3.63, 3.8) is 0 Å². The topological polar surface area (TPSA) is 81.1 Å². The van der Waals surface area contributed by atoms with Gasteiger partial charge in [0, 0.05) is 12.7 Å². The highest BCUT2D eigenvalue weighted by Gasteiger charge is 2.47. The quantitative estimate of drug-likeness (QED) is 0.887. The van der Waals surface area contributed by atoms with Crippen LogP contribution in [0.4, 0.5) is 13.2 Å². The number of amides is 1. The van der Waals surface area contributed by atoms with Gasteiger partial charge in [-0.15, -0.1) is 0 Å². The normalized spacial score (nSPS) is 12.4. The van der Waals surface area contributed by atoms with Crippen LogP contribution in [0.3, 0.4) is 0 Å². The molecule has 1 aromatic rings. The Morgan fingerprint density at radius 1 is 1.47 bits per heavy atom. The Hall–Kier alpha value is -1.58. The molecule has 1 aromatic heterocycles. The van der Waals surface area contributed by atoms with Crippen molar-refractivity contribution in [2.45, 2.75) is 31.8 Å². The summed E-state index contributed by atoms with van der Waals surface area (Å²) in [5, 5.41) is 3.69. The van der Waals surface area contributed by atoms with Gasteiger partial charge in [-0.25, -0.2) is 4.72 Å². The molecule has 0 bridgehead atoms. The highest BCUT2D eigenvalue weighted by molar-refractivity contribution is 7.90. The van der Waals surface area contributed by atoms with E-state index in [9.17, 15) is 26.4 Å². The fourth-order valence-corrected chi connectivity index (χ4v) is 1.62. The van der Waals surface area contributed by atoms with Crippen molar-refractivity contribution in [3.8, 4) is 0 Å². The number of alkyl halides is 3. The largest absolute Gasteiger partial charge is 0.516 e. The summed E-state index contributed by atoms with van der Waals surface area (Å²) in [4.78, 5) is 11.3. The maximum atomic E-state index is 12.1. The predicted octanol–water partition coefficient (Wildman–Crippen LogP) is 1.26. The summed E-state index contributed by atoms with van der Waals surface area (Å²) in [7, 11) is -5.70. The summed E-state index contributed by atoms with van der Waals surface area (Å²) in [6.07, 6.45) is 3.05. The van der Waals surface area contributed by atoms with Crippen LogP contribution >= 0.6 is 0 Å². The number of carbonyl (C=O) groups is 1. The average molecular weight is 299 g/mol. The lowest BCUT2D eigenvalue weighted by molar-refractivity contribution is -0.0446. The maximum Gasteiger partial charge on any atom is 0.516 e. The first-order valence-electron chi connectivity index (χ1n) is 5.34. The molecule has 0 aliphatic heterocycles. The molecule has 6 nitrogen and oxygen atoms in total. The van der Waals surface area contributed by atoms with E-state index in [-0.39, 0.29) is 5.69 Å². The van der Waals surface area contributed by atoms with Crippen molar-refractivity contribution >= 4 is 15.9 Å². The van der Waals surface area contributed by atoms with Gasteiger partial charge in [-0.3, -0.25) is 9.48 Å². The highest BCUT2D eigenvalue weighted by atomic mass is 32.2. The van der Waals surface area contributed by atoms with E-state index in [2.05, 4.69) is 5.10 Å². The number of carbonyl (C=O) groups excluding carboxylic acids is 1. The van der Waals surface area contributed by atoms with Gasteiger partial charge in [0.2, 0.25) is 0 Å². The second-order valence-corrected chi connectivity index (χ2v) is 5.37. The van der Waals surface area contributed by atoms with E-state index >= 15 is 0 Å². The first-order chi connectivity index (χ1) is 8.67. The molecule has 0 atom stereocenters. The number of nitrogens with one attached hydrogen (secondary N) is 1. The van der Waals surface area contributed by atoms with Crippen molar-refractivity contribution in [2.75, 3.05) is 0 Å². The molecule has 0 radical (unpaired) electrons. The second kappa shape index (κ2) is 5.59. The number of hydrogen-bond acceptors (Lipinski definition) is 4. The van der Waals surface area contributed by atoms with Crippen molar-refractivity contribution in [1.29, 1.82) is 0 Å². The zero-order valence-corrected chi connectivity index (χ0v) is 10.8. The lowest BCUT2D eigenvalue weighted by atomic mass is 10.3. The molecule has 0 aromatic carbocycles. The van der Waals surface area contributed by atoms with Gasteiger partial charge >= 0.3 is 15.5 Å². The van der Waals surface area contributed by atoms with Gasteiger partial charge in [-0.1, -0.05) is 13.3 Å². The zero-order valence-electron chi connectivity index (χ0n) is 9.94. The number of aryl methyl sites for hydroxylation is 1. The number of rotatable bonds is 5. The van der Waals surface area contributed by atoms with Crippen molar-refractivity contribution in [1.82, 2.24) is 14.5 Å².